The molecule has 1 heterocycles. The second kappa shape index (κ2) is 6.28. The zero-order valence-corrected chi connectivity index (χ0v) is 12.1. The molecule has 2 aromatic rings. The Morgan fingerprint density at radius 1 is 1.25 bits per heavy atom. The molecule has 0 fully saturated rings. The van der Waals surface area contributed by atoms with E-state index < -0.39 is 0 Å². The number of amides is 1. The minimum atomic E-state index is -0.110. The zero-order valence-electron chi connectivity index (χ0n) is 12.1. The Labute approximate surface area is 119 Å². The van der Waals surface area contributed by atoms with E-state index in [0.717, 1.165) is 16.9 Å². The fraction of sp³-hybridized carbons (Fsp3) is 0.312. The van der Waals surface area contributed by atoms with Crippen LogP contribution in [0.4, 0.5) is 0 Å². The van der Waals surface area contributed by atoms with Gasteiger partial charge in [-0.3, -0.25) is 4.79 Å². The fourth-order valence-electron chi connectivity index (χ4n) is 1.97. The van der Waals surface area contributed by atoms with Crippen LogP contribution >= 0.6 is 0 Å². The summed E-state index contributed by atoms with van der Waals surface area (Å²) in [6, 6.07) is 9.54. The van der Waals surface area contributed by atoms with Crippen molar-refractivity contribution in [3.05, 3.63) is 53.5 Å². The molecule has 0 atom stereocenters. The van der Waals surface area contributed by atoms with Crippen LogP contribution in [0.1, 0.15) is 28.6 Å². The topological polar surface area (TPSA) is 42.7 Å². The van der Waals surface area contributed by atoms with Crippen molar-refractivity contribution in [1.82, 2.24) is 4.90 Å². The van der Waals surface area contributed by atoms with Gasteiger partial charge in [-0.05, 0) is 37.6 Å². The molecular formula is C16H19NO3. The van der Waals surface area contributed by atoms with Crippen LogP contribution < -0.4 is 4.74 Å². The van der Waals surface area contributed by atoms with E-state index in [0.29, 0.717) is 18.9 Å². The van der Waals surface area contributed by atoms with E-state index in [9.17, 15) is 4.79 Å². The number of carbonyl (C=O) groups is 1. The predicted molar refractivity (Wildman–Crippen MR) is 76.9 cm³/mol. The van der Waals surface area contributed by atoms with E-state index in [1.54, 1.807) is 18.0 Å². The van der Waals surface area contributed by atoms with Crippen LogP contribution in [-0.4, -0.2) is 24.5 Å². The molecule has 20 heavy (non-hydrogen) atoms. The number of furan rings is 1. The van der Waals surface area contributed by atoms with Crippen molar-refractivity contribution in [3.63, 3.8) is 0 Å². The first-order valence-electron chi connectivity index (χ1n) is 6.63. The fourth-order valence-corrected chi connectivity index (χ4v) is 1.97. The van der Waals surface area contributed by atoms with Gasteiger partial charge in [0.1, 0.15) is 5.75 Å². The van der Waals surface area contributed by atoms with E-state index in [2.05, 4.69) is 0 Å². The van der Waals surface area contributed by atoms with Gasteiger partial charge in [0, 0.05) is 19.2 Å². The molecule has 0 spiro atoms. The lowest BCUT2D eigenvalue weighted by atomic mass is 10.2. The van der Waals surface area contributed by atoms with Gasteiger partial charge in [0.2, 0.25) is 0 Å². The van der Waals surface area contributed by atoms with E-state index in [4.69, 9.17) is 9.15 Å². The van der Waals surface area contributed by atoms with Gasteiger partial charge in [0.05, 0.1) is 12.9 Å². The van der Waals surface area contributed by atoms with Crippen LogP contribution in [0.2, 0.25) is 0 Å². The predicted octanol–water partition coefficient (Wildman–Crippen LogP) is 3.26. The number of benzene rings is 1. The Morgan fingerprint density at radius 2 is 1.95 bits per heavy atom. The van der Waals surface area contributed by atoms with Crippen LogP contribution in [0.5, 0.6) is 5.75 Å². The van der Waals surface area contributed by atoms with Gasteiger partial charge < -0.3 is 14.1 Å². The third kappa shape index (κ3) is 3.20. The standard InChI is InChI=1S/C16H19NO3/c1-4-19-14-7-5-13(6-8-14)11-17(3)16(18)15-12(2)9-10-20-15/h5-10H,4,11H2,1-3H3. The molecule has 106 valence electrons. The Hall–Kier alpha value is -2.23. The van der Waals surface area contributed by atoms with E-state index in [1.165, 1.54) is 6.26 Å². The lowest BCUT2D eigenvalue weighted by Crippen LogP contribution is -2.26. The normalized spacial score (nSPS) is 10.3. The summed E-state index contributed by atoms with van der Waals surface area (Å²) in [7, 11) is 1.76. The van der Waals surface area contributed by atoms with Crippen molar-refractivity contribution in [3.8, 4) is 5.75 Å². The number of hydrogen-bond acceptors (Lipinski definition) is 3. The third-order valence-corrected chi connectivity index (χ3v) is 3.06. The van der Waals surface area contributed by atoms with Crippen molar-refractivity contribution in [2.45, 2.75) is 20.4 Å². The summed E-state index contributed by atoms with van der Waals surface area (Å²) in [5.74, 6) is 1.13. The van der Waals surface area contributed by atoms with Crippen LogP contribution in [0.3, 0.4) is 0 Å². The minimum Gasteiger partial charge on any atom is -0.494 e. The monoisotopic (exact) mass is 273 g/mol. The molecule has 1 amide bonds. The van der Waals surface area contributed by atoms with Gasteiger partial charge in [0.25, 0.3) is 5.91 Å². The highest BCUT2D eigenvalue weighted by Gasteiger charge is 2.17. The van der Waals surface area contributed by atoms with E-state index in [1.807, 2.05) is 38.1 Å². The van der Waals surface area contributed by atoms with Gasteiger partial charge in [-0.2, -0.15) is 0 Å². The van der Waals surface area contributed by atoms with Gasteiger partial charge >= 0.3 is 0 Å². The summed E-state index contributed by atoms with van der Waals surface area (Å²) < 4.78 is 10.6. The van der Waals surface area contributed by atoms with Crippen LogP contribution in [0.15, 0.2) is 41.0 Å². The molecule has 0 bridgehead atoms. The minimum absolute atomic E-state index is 0.110. The SMILES string of the molecule is CCOc1ccc(CN(C)C(=O)c2occc2C)cc1. The molecule has 1 aromatic carbocycles. The average Bonchev–Trinajstić information content (AvgIpc) is 2.86. The quantitative estimate of drug-likeness (QED) is 0.839. The van der Waals surface area contributed by atoms with Crippen molar-refractivity contribution in [2.24, 2.45) is 0 Å². The van der Waals surface area contributed by atoms with Crippen LogP contribution in [0.25, 0.3) is 0 Å². The molecule has 1 aromatic heterocycles. The molecule has 0 saturated heterocycles. The summed E-state index contributed by atoms with van der Waals surface area (Å²) in [6.45, 7) is 4.99. The summed E-state index contributed by atoms with van der Waals surface area (Å²) >= 11 is 0. The molecule has 0 unspecified atom stereocenters. The Bertz CT molecular complexity index is 572. The van der Waals surface area contributed by atoms with Crippen molar-refractivity contribution >= 4 is 5.91 Å². The smallest absolute Gasteiger partial charge is 0.289 e. The van der Waals surface area contributed by atoms with Crippen molar-refractivity contribution in [2.75, 3.05) is 13.7 Å². The summed E-state index contributed by atoms with van der Waals surface area (Å²) in [4.78, 5) is 13.8. The van der Waals surface area contributed by atoms with Gasteiger partial charge in [-0.1, -0.05) is 12.1 Å². The number of nitrogens with zero attached hydrogens (tertiary/aromatic N) is 1. The average molecular weight is 273 g/mol. The number of hydrogen-bond donors (Lipinski definition) is 0. The first-order valence-corrected chi connectivity index (χ1v) is 6.63. The molecule has 0 aliphatic rings. The maximum atomic E-state index is 12.2. The third-order valence-electron chi connectivity index (χ3n) is 3.06. The zero-order chi connectivity index (χ0) is 14.5. The van der Waals surface area contributed by atoms with Crippen molar-refractivity contribution in [1.29, 1.82) is 0 Å². The first-order chi connectivity index (χ1) is 9.61. The van der Waals surface area contributed by atoms with Crippen molar-refractivity contribution < 1.29 is 13.9 Å². The number of aryl methyl sites for hydroxylation is 1. The molecular weight excluding hydrogens is 254 g/mol. The number of rotatable bonds is 5. The highest BCUT2D eigenvalue weighted by molar-refractivity contribution is 5.92. The van der Waals surface area contributed by atoms with Gasteiger partial charge in [0.15, 0.2) is 5.76 Å². The maximum Gasteiger partial charge on any atom is 0.289 e. The summed E-state index contributed by atoms with van der Waals surface area (Å²) in [5, 5.41) is 0. The highest BCUT2D eigenvalue weighted by atomic mass is 16.5. The summed E-state index contributed by atoms with van der Waals surface area (Å²) in [6.07, 6.45) is 1.54. The number of ether oxygens (including phenoxy) is 1. The first kappa shape index (κ1) is 14.2. The molecule has 0 aliphatic carbocycles. The lowest BCUT2D eigenvalue weighted by Gasteiger charge is -2.16. The largest absolute Gasteiger partial charge is 0.494 e. The lowest BCUT2D eigenvalue weighted by molar-refractivity contribution is 0.0752. The Morgan fingerprint density at radius 3 is 2.50 bits per heavy atom. The highest BCUT2D eigenvalue weighted by Crippen LogP contribution is 2.16. The van der Waals surface area contributed by atoms with Gasteiger partial charge in [-0.15, -0.1) is 0 Å². The van der Waals surface area contributed by atoms with Crippen LogP contribution in [-0.2, 0) is 6.54 Å². The van der Waals surface area contributed by atoms with Gasteiger partial charge in [-0.25, -0.2) is 0 Å². The Kier molecular flexibility index (Phi) is 4.45. The molecule has 0 saturated carbocycles. The van der Waals surface area contributed by atoms with E-state index in [-0.39, 0.29) is 5.91 Å². The molecule has 0 radical (unpaired) electrons. The second-order valence-corrected chi connectivity index (χ2v) is 4.67. The Balaban J connectivity index is 2.02. The van der Waals surface area contributed by atoms with Crippen LogP contribution in [0, 0.1) is 6.92 Å². The molecule has 0 N–H and O–H groups in total. The molecule has 4 nitrogen and oxygen atoms in total. The molecule has 0 aliphatic heterocycles. The maximum absolute atomic E-state index is 12.2. The van der Waals surface area contributed by atoms with E-state index >= 15 is 0 Å². The number of carbonyl (C=O) groups excluding carboxylic acids is 1. The molecule has 4 heteroatoms. The summed E-state index contributed by atoms with van der Waals surface area (Å²) in [5.41, 5.74) is 1.90. The molecule has 2 rings (SSSR count). The second-order valence-electron chi connectivity index (χ2n) is 4.67.